The van der Waals surface area contributed by atoms with E-state index in [1.165, 1.54) is 11.1 Å². The number of allylic oxidation sites excluding steroid dienone is 6. The van der Waals surface area contributed by atoms with E-state index >= 15 is 0 Å². The molecular formula is C14H20. The highest BCUT2D eigenvalue weighted by Crippen LogP contribution is 2.12. The summed E-state index contributed by atoms with van der Waals surface area (Å²) in [5, 5.41) is 0. The van der Waals surface area contributed by atoms with Gasteiger partial charge in [-0.3, -0.25) is 0 Å². The Morgan fingerprint density at radius 3 is 2.64 bits per heavy atom. The molecule has 0 aromatic heterocycles. The lowest BCUT2D eigenvalue weighted by Gasteiger charge is -1.93. The molecule has 0 saturated carbocycles. The van der Waals surface area contributed by atoms with Crippen LogP contribution in [0.25, 0.3) is 0 Å². The molecule has 1 aliphatic rings. The fraction of sp³-hybridized carbons (Fsp3) is 0.429. The minimum Gasteiger partial charge on any atom is -0.102 e. The van der Waals surface area contributed by atoms with Crippen LogP contribution in [0.15, 0.2) is 35.5 Å². The van der Waals surface area contributed by atoms with E-state index in [1.54, 1.807) is 0 Å². The van der Waals surface area contributed by atoms with E-state index < -0.39 is 0 Å². The van der Waals surface area contributed by atoms with Gasteiger partial charge in [0.05, 0.1) is 0 Å². The van der Waals surface area contributed by atoms with Gasteiger partial charge in [0.15, 0.2) is 0 Å². The molecule has 76 valence electrons. The second kappa shape index (κ2) is 8.38. The van der Waals surface area contributed by atoms with Gasteiger partial charge in [-0.15, -0.1) is 5.92 Å². The zero-order valence-electron chi connectivity index (χ0n) is 9.72. The van der Waals surface area contributed by atoms with Crippen molar-refractivity contribution in [2.45, 2.75) is 40.5 Å². The Morgan fingerprint density at radius 2 is 2.07 bits per heavy atom. The van der Waals surface area contributed by atoms with Crippen molar-refractivity contribution >= 4 is 0 Å². The maximum absolute atomic E-state index is 3.08. The monoisotopic (exact) mass is 188 g/mol. The summed E-state index contributed by atoms with van der Waals surface area (Å²) in [6.07, 6.45) is 10.7. The molecule has 0 unspecified atom stereocenters. The quantitative estimate of drug-likeness (QED) is 0.539. The van der Waals surface area contributed by atoms with E-state index in [0.717, 1.165) is 12.8 Å². The van der Waals surface area contributed by atoms with Gasteiger partial charge in [-0.05, 0) is 19.8 Å². The molecule has 1 rings (SSSR count). The third kappa shape index (κ3) is 4.72. The van der Waals surface area contributed by atoms with Gasteiger partial charge < -0.3 is 0 Å². The van der Waals surface area contributed by atoms with Crippen molar-refractivity contribution in [3.05, 3.63) is 35.5 Å². The van der Waals surface area contributed by atoms with Crippen molar-refractivity contribution in [3.63, 3.8) is 0 Å². The van der Waals surface area contributed by atoms with Crippen LogP contribution in [0.4, 0.5) is 0 Å². The van der Waals surface area contributed by atoms with Crippen molar-refractivity contribution in [1.29, 1.82) is 0 Å². The summed E-state index contributed by atoms with van der Waals surface area (Å²) in [5.41, 5.74) is 2.61. The number of hydrogen-bond acceptors (Lipinski definition) is 0. The Labute approximate surface area is 88.4 Å². The highest BCUT2D eigenvalue weighted by Gasteiger charge is 1.94. The highest BCUT2D eigenvalue weighted by atomic mass is 14.0. The smallest absolute Gasteiger partial charge is 0.00580 e. The van der Waals surface area contributed by atoms with Gasteiger partial charge >= 0.3 is 0 Å². The van der Waals surface area contributed by atoms with Crippen molar-refractivity contribution in [2.75, 3.05) is 0 Å². The fourth-order valence-electron chi connectivity index (χ4n) is 1.18. The molecule has 0 amide bonds. The first kappa shape index (κ1) is 12.8. The van der Waals surface area contributed by atoms with Crippen LogP contribution in [0.1, 0.15) is 40.5 Å². The Bertz CT molecular complexity index is 290. The molecule has 14 heavy (non-hydrogen) atoms. The summed E-state index contributed by atoms with van der Waals surface area (Å²) in [6, 6.07) is 0. The molecule has 0 radical (unpaired) electrons. The van der Waals surface area contributed by atoms with Crippen LogP contribution in [0.3, 0.4) is 0 Å². The molecule has 0 bridgehead atoms. The zero-order chi connectivity index (χ0) is 10.8. The lowest BCUT2D eigenvalue weighted by molar-refractivity contribution is 1.12. The Kier molecular flexibility index (Phi) is 7.65. The average molecular weight is 188 g/mol. The van der Waals surface area contributed by atoms with Gasteiger partial charge in [-0.2, -0.15) is 0 Å². The van der Waals surface area contributed by atoms with E-state index in [-0.39, 0.29) is 0 Å². The summed E-state index contributed by atoms with van der Waals surface area (Å²) in [5.74, 6) is 6.00. The molecule has 1 aliphatic carbocycles. The standard InChI is InChI=1S/C12H14.C2H6/c1-3-6-12-8-5-7-11(4-2)9-10-12;1-2/h5,7-9H,4,10H2,1-2H3;1-2H3. The first-order chi connectivity index (χ1) is 6.86. The van der Waals surface area contributed by atoms with Crippen LogP contribution in [0.2, 0.25) is 0 Å². The second-order valence-electron chi connectivity index (χ2n) is 2.76. The second-order valence-corrected chi connectivity index (χ2v) is 2.76. The SMILES string of the molecule is CC.CC#CC1=CC=CC(CC)=CC1. The first-order valence-electron chi connectivity index (χ1n) is 5.36. The molecule has 0 heterocycles. The molecule has 0 heteroatoms. The third-order valence-electron chi connectivity index (χ3n) is 1.89. The van der Waals surface area contributed by atoms with Crippen LogP contribution in [0.5, 0.6) is 0 Å². The van der Waals surface area contributed by atoms with Crippen LogP contribution < -0.4 is 0 Å². The van der Waals surface area contributed by atoms with Crippen LogP contribution in [0, 0.1) is 11.8 Å². The minimum absolute atomic E-state index is 0.983. The third-order valence-corrected chi connectivity index (χ3v) is 1.89. The molecule has 0 aromatic carbocycles. The van der Waals surface area contributed by atoms with Crippen LogP contribution >= 0.6 is 0 Å². The summed E-state index contributed by atoms with van der Waals surface area (Å²) in [4.78, 5) is 0. The summed E-state index contributed by atoms with van der Waals surface area (Å²) < 4.78 is 0. The van der Waals surface area contributed by atoms with E-state index in [4.69, 9.17) is 0 Å². The number of hydrogen-bond donors (Lipinski definition) is 0. The van der Waals surface area contributed by atoms with Gasteiger partial charge in [-0.1, -0.05) is 56.6 Å². The molecule has 0 N–H and O–H groups in total. The van der Waals surface area contributed by atoms with E-state index in [0.29, 0.717) is 0 Å². The Morgan fingerprint density at radius 1 is 1.36 bits per heavy atom. The van der Waals surface area contributed by atoms with Crippen LogP contribution in [-0.2, 0) is 0 Å². The highest BCUT2D eigenvalue weighted by molar-refractivity contribution is 5.38. The molecule has 0 atom stereocenters. The molecule has 0 aromatic rings. The number of rotatable bonds is 1. The molecule has 0 saturated heterocycles. The van der Waals surface area contributed by atoms with Gasteiger partial charge in [0.1, 0.15) is 0 Å². The fourth-order valence-corrected chi connectivity index (χ4v) is 1.18. The summed E-state index contributed by atoms with van der Waals surface area (Å²) in [6.45, 7) is 8.05. The summed E-state index contributed by atoms with van der Waals surface area (Å²) in [7, 11) is 0. The molecule has 0 nitrogen and oxygen atoms in total. The minimum atomic E-state index is 0.983. The topological polar surface area (TPSA) is 0 Å². The van der Waals surface area contributed by atoms with Gasteiger partial charge in [0, 0.05) is 5.57 Å². The maximum atomic E-state index is 3.08. The Balaban J connectivity index is 0.000000791. The van der Waals surface area contributed by atoms with Crippen molar-refractivity contribution in [2.24, 2.45) is 0 Å². The lowest BCUT2D eigenvalue weighted by atomic mass is 10.1. The van der Waals surface area contributed by atoms with Gasteiger partial charge in [0.2, 0.25) is 0 Å². The van der Waals surface area contributed by atoms with Crippen molar-refractivity contribution in [3.8, 4) is 11.8 Å². The Hall–Kier alpha value is -1.22. The van der Waals surface area contributed by atoms with E-state index in [1.807, 2.05) is 20.8 Å². The normalized spacial score (nSPS) is 13.7. The molecule has 0 spiro atoms. The summed E-state index contributed by atoms with van der Waals surface area (Å²) >= 11 is 0. The molecule has 0 fully saturated rings. The predicted molar refractivity (Wildman–Crippen MR) is 65.0 cm³/mol. The van der Waals surface area contributed by atoms with E-state index in [2.05, 4.69) is 43.1 Å². The average Bonchev–Trinajstić information content (AvgIpc) is 2.47. The first-order valence-corrected chi connectivity index (χ1v) is 5.36. The zero-order valence-corrected chi connectivity index (χ0v) is 9.72. The predicted octanol–water partition coefficient (Wildman–Crippen LogP) is 4.26. The van der Waals surface area contributed by atoms with Crippen molar-refractivity contribution < 1.29 is 0 Å². The van der Waals surface area contributed by atoms with E-state index in [9.17, 15) is 0 Å². The molecular weight excluding hydrogens is 168 g/mol. The van der Waals surface area contributed by atoms with Gasteiger partial charge in [-0.25, -0.2) is 0 Å². The molecule has 0 aliphatic heterocycles. The lowest BCUT2D eigenvalue weighted by Crippen LogP contribution is -1.75. The maximum Gasteiger partial charge on any atom is 0.00580 e. The largest absolute Gasteiger partial charge is 0.102 e. The van der Waals surface area contributed by atoms with Gasteiger partial charge in [0.25, 0.3) is 0 Å². The van der Waals surface area contributed by atoms with Crippen molar-refractivity contribution in [1.82, 2.24) is 0 Å². The van der Waals surface area contributed by atoms with Crippen LogP contribution in [-0.4, -0.2) is 0 Å².